The minimum atomic E-state index is -0.353. The zero-order valence-electron chi connectivity index (χ0n) is 19.4. The third kappa shape index (κ3) is 4.13. The number of fused-ring (bicyclic) bond motifs is 1. The maximum Gasteiger partial charge on any atom is 0.262 e. The van der Waals surface area contributed by atoms with Crippen LogP contribution in [0.1, 0.15) is 36.4 Å². The van der Waals surface area contributed by atoms with E-state index in [0.29, 0.717) is 35.1 Å². The number of ether oxygens (including phenoxy) is 4. The van der Waals surface area contributed by atoms with Crippen LogP contribution in [-0.2, 0) is 9.59 Å². The molecule has 2 heterocycles. The van der Waals surface area contributed by atoms with E-state index < -0.39 is 0 Å². The molecular weight excluding hydrogens is 438 g/mol. The Labute approximate surface area is 197 Å². The summed E-state index contributed by atoms with van der Waals surface area (Å²) in [5.74, 6) is 2.39. The second kappa shape index (κ2) is 8.89. The van der Waals surface area contributed by atoms with Crippen LogP contribution in [0.2, 0.25) is 0 Å². The number of methoxy groups -OCH3 is 2. The van der Waals surface area contributed by atoms with Crippen LogP contribution in [0.4, 0.5) is 0 Å². The first-order chi connectivity index (χ1) is 16.5. The molecule has 2 amide bonds. The standard InChI is InChI=1S/C25H27N3O6/c1-27(25(30)15-4-5-15)13-24(29)28-20(16-6-9-21-23(10-16)34-14-33-21)12-19(26-28)18-8-7-17(31-2)11-22(18)32-3/h6-11,15,20H,4-5,12-14H2,1-3H3/t20-/m0/s1. The van der Waals surface area contributed by atoms with Gasteiger partial charge in [-0.2, -0.15) is 5.10 Å². The number of benzene rings is 2. The normalized spacial score (nSPS) is 18.5. The van der Waals surface area contributed by atoms with Crippen LogP contribution in [0, 0.1) is 5.92 Å². The van der Waals surface area contributed by atoms with Crippen molar-refractivity contribution in [1.29, 1.82) is 0 Å². The van der Waals surface area contributed by atoms with Crippen LogP contribution in [0.25, 0.3) is 0 Å². The molecule has 9 heteroatoms. The van der Waals surface area contributed by atoms with Crippen LogP contribution in [0.3, 0.4) is 0 Å². The van der Waals surface area contributed by atoms with Gasteiger partial charge in [-0.15, -0.1) is 0 Å². The molecule has 0 unspecified atom stereocenters. The van der Waals surface area contributed by atoms with Gasteiger partial charge in [-0.3, -0.25) is 9.59 Å². The number of rotatable bonds is 7. The molecule has 0 aromatic heterocycles. The van der Waals surface area contributed by atoms with E-state index in [1.54, 1.807) is 27.3 Å². The molecule has 9 nitrogen and oxygen atoms in total. The van der Waals surface area contributed by atoms with Crippen molar-refractivity contribution in [2.24, 2.45) is 11.0 Å². The smallest absolute Gasteiger partial charge is 0.262 e. The van der Waals surface area contributed by atoms with Crippen molar-refractivity contribution in [3.8, 4) is 23.0 Å². The van der Waals surface area contributed by atoms with Gasteiger partial charge in [0, 0.05) is 31.0 Å². The topological polar surface area (TPSA) is 89.9 Å². The van der Waals surface area contributed by atoms with E-state index in [4.69, 9.17) is 24.0 Å². The molecule has 3 aliphatic rings. The summed E-state index contributed by atoms with van der Waals surface area (Å²) < 4.78 is 21.9. The maximum atomic E-state index is 13.4. The Kier molecular flexibility index (Phi) is 5.77. The highest BCUT2D eigenvalue weighted by atomic mass is 16.7. The largest absolute Gasteiger partial charge is 0.497 e. The average molecular weight is 466 g/mol. The Morgan fingerprint density at radius 2 is 1.88 bits per heavy atom. The van der Waals surface area contributed by atoms with Crippen LogP contribution < -0.4 is 18.9 Å². The Bertz CT molecular complexity index is 1160. The third-order valence-corrected chi connectivity index (χ3v) is 6.34. The highest BCUT2D eigenvalue weighted by Gasteiger charge is 2.37. The number of nitrogens with zero attached hydrogens (tertiary/aromatic N) is 3. The lowest BCUT2D eigenvalue weighted by Crippen LogP contribution is -2.39. The van der Waals surface area contributed by atoms with Crippen molar-refractivity contribution in [2.45, 2.75) is 25.3 Å². The lowest BCUT2D eigenvalue weighted by Gasteiger charge is -2.25. The number of amides is 2. The second-order valence-electron chi connectivity index (χ2n) is 8.65. The molecule has 5 rings (SSSR count). The number of carbonyl (C=O) groups excluding carboxylic acids is 2. The summed E-state index contributed by atoms with van der Waals surface area (Å²) in [5.41, 5.74) is 2.37. The van der Waals surface area contributed by atoms with Gasteiger partial charge in [0.05, 0.1) is 26.0 Å². The fourth-order valence-electron chi connectivity index (χ4n) is 4.32. The molecule has 1 atom stereocenters. The average Bonchev–Trinajstić information content (AvgIpc) is 3.43. The van der Waals surface area contributed by atoms with Gasteiger partial charge in [-0.05, 0) is 42.7 Å². The summed E-state index contributed by atoms with van der Waals surface area (Å²) in [4.78, 5) is 27.3. The monoisotopic (exact) mass is 465 g/mol. The summed E-state index contributed by atoms with van der Waals surface area (Å²) in [5, 5.41) is 6.20. The summed E-state index contributed by atoms with van der Waals surface area (Å²) in [6.45, 7) is 0.137. The number of likely N-dealkylation sites (N-methyl/N-ethyl adjacent to an activating group) is 1. The van der Waals surface area contributed by atoms with Crippen molar-refractivity contribution in [3.05, 3.63) is 47.5 Å². The summed E-state index contributed by atoms with van der Waals surface area (Å²) in [6, 6.07) is 10.8. The summed E-state index contributed by atoms with van der Waals surface area (Å²) in [7, 11) is 4.85. The molecule has 0 bridgehead atoms. The van der Waals surface area contributed by atoms with E-state index in [1.165, 1.54) is 9.91 Å². The van der Waals surface area contributed by atoms with E-state index in [1.807, 2.05) is 30.3 Å². The minimum Gasteiger partial charge on any atom is -0.497 e. The predicted molar refractivity (Wildman–Crippen MR) is 123 cm³/mol. The summed E-state index contributed by atoms with van der Waals surface area (Å²) >= 11 is 0. The zero-order chi connectivity index (χ0) is 23.8. The SMILES string of the molecule is COc1ccc(C2=NN(C(=O)CN(C)C(=O)C3CC3)[C@H](c3ccc4c(c3)OCO4)C2)c(OC)c1. The Morgan fingerprint density at radius 3 is 2.62 bits per heavy atom. The van der Waals surface area contributed by atoms with Crippen LogP contribution in [-0.4, -0.2) is 62.0 Å². The molecular formula is C25H27N3O6. The number of carbonyl (C=O) groups is 2. The van der Waals surface area contributed by atoms with Gasteiger partial charge in [0.2, 0.25) is 12.7 Å². The van der Waals surface area contributed by atoms with Gasteiger partial charge in [-0.1, -0.05) is 6.07 Å². The minimum absolute atomic E-state index is 0.00760. The van der Waals surface area contributed by atoms with Crippen molar-refractivity contribution in [3.63, 3.8) is 0 Å². The third-order valence-electron chi connectivity index (χ3n) is 6.34. The van der Waals surface area contributed by atoms with Gasteiger partial charge in [0.25, 0.3) is 5.91 Å². The Morgan fingerprint density at radius 1 is 1.09 bits per heavy atom. The molecule has 0 N–H and O–H groups in total. The van der Waals surface area contributed by atoms with E-state index in [-0.39, 0.29) is 37.1 Å². The molecule has 2 aromatic carbocycles. The first-order valence-corrected chi connectivity index (χ1v) is 11.2. The Balaban J connectivity index is 1.46. The molecule has 1 fully saturated rings. The van der Waals surface area contributed by atoms with Crippen molar-refractivity contribution < 1.29 is 28.5 Å². The quantitative estimate of drug-likeness (QED) is 0.625. The molecule has 0 spiro atoms. The number of hydrogen-bond donors (Lipinski definition) is 0. The molecule has 178 valence electrons. The maximum absolute atomic E-state index is 13.4. The molecule has 1 saturated carbocycles. The first-order valence-electron chi connectivity index (χ1n) is 11.2. The lowest BCUT2D eigenvalue weighted by atomic mass is 9.97. The van der Waals surface area contributed by atoms with Gasteiger partial charge < -0.3 is 23.8 Å². The molecule has 2 aliphatic heterocycles. The highest BCUT2D eigenvalue weighted by molar-refractivity contribution is 6.05. The van der Waals surface area contributed by atoms with E-state index in [0.717, 1.165) is 24.0 Å². The van der Waals surface area contributed by atoms with Crippen LogP contribution in [0.15, 0.2) is 41.5 Å². The first kappa shape index (κ1) is 22.1. The molecule has 0 radical (unpaired) electrons. The van der Waals surface area contributed by atoms with E-state index >= 15 is 0 Å². The zero-order valence-corrected chi connectivity index (χ0v) is 19.4. The number of hydrogen-bond acceptors (Lipinski definition) is 7. The molecule has 2 aromatic rings. The van der Waals surface area contributed by atoms with Crippen molar-refractivity contribution in [2.75, 3.05) is 34.6 Å². The van der Waals surface area contributed by atoms with Gasteiger partial charge >= 0.3 is 0 Å². The fourth-order valence-corrected chi connectivity index (χ4v) is 4.32. The highest BCUT2D eigenvalue weighted by Crippen LogP contribution is 2.40. The number of hydrazone groups is 1. The second-order valence-corrected chi connectivity index (χ2v) is 8.65. The lowest BCUT2D eigenvalue weighted by molar-refractivity contribution is -0.141. The fraction of sp³-hybridized carbons (Fsp3) is 0.400. The predicted octanol–water partition coefficient (Wildman–Crippen LogP) is 2.98. The molecule has 34 heavy (non-hydrogen) atoms. The Hall–Kier alpha value is -3.75. The van der Waals surface area contributed by atoms with Crippen LogP contribution >= 0.6 is 0 Å². The summed E-state index contributed by atoms with van der Waals surface area (Å²) in [6.07, 6.45) is 2.26. The molecule has 1 aliphatic carbocycles. The molecule has 0 saturated heterocycles. The van der Waals surface area contributed by atoms with Gasteiger partial charge in [0.1, 0.15) is 18.0 Å². The van der Waals surface area contributed by atoms with E-state index in [9.17, 15) is 9.59 Å². The van der Waals surface area contributed by atoms with Crippen molar-refractivity contribution >= 4 is 17.5 Å². The van der Waals surface area contributed by atoms with Gasteiger partial charge in [0.15, 0.2) is 11.5 Å². The van der Waals surface area contributed by atoms with Crippen molar-refractivity contribution in [1.82, 2.24) is 9.91 Å². The van der Waals surface area contributed by atoms with Gasteiger partial charge in [-0.25, -0.2) is 5.01 Å². The van der Waals surface area contributed by atoms with E-state index in [2.05, 4.69) is 0 Å². The van der Waals surface area contributed by atoms with Crippen LogP contribution in [0.5, 0.6) is 23.0 Å².